The van der Waals surface area contributed by atoms with Gasteiger partial charge in [-0.15, -0.1) is 0 Å². The molecule has 0 aliphatic heterocycles. The molecule has 0 aliphatic carbocycles. The number of benzene rings is 3. The second kappa shape index (κ2) is 7.42. The lowest BCUT2D eigenvalue weighted by molar-refractivity contribution is 1.15. The van der Waals surface area contributed by atoms with Gasteiger partial charge in [-0.2, -0.15) is 0 Å². The summed E-state index contributed by atoms with van der Waals surface area (Å²) in [6.07, 6.45) is 5.74. The molecule has 0 bridgehead atoms. The summed E-state index contributed by atoms with van der Waals surface area (Å²) in [4.78, 5) is 9.28. The predicted molar refractivity (Wildman–Crippen MR) is 138 cm³/mol. The van der Waals surface area contributed by atoms with Gasteiger partial charge in [0.05, 0.1) is 34.3 Å². The van der Waals surface area contributed by atoms with Crippen LogP contribution in [0.25, 0.3) is 55.5 Å². The molecule has 0 spiro atoms. The van der Waals surface area contributed by atoms with Crippen molar-refractivity contribution in [3.63, 3.8) is 0 Å². The Bertz CT molecular complexity index is 1810. The van der Waals surface area contributed by atoms with E-state index in [9.17, 15) is 0 Å². The van der Waals surface area contributed by atoms with Gasteiger partial charge >= 0.3 is 0 Å². The van der Waals surface area contributed by atoms with E-state index in [4.69, 9.17) is 4.98 Å². The Morgan fingerprint density at radius 2 is 1.41 bits per heavy atom. The highest BCUT2D eigenvalue weighted by Gasteiger charge is 2.15. The minimum absolute atomic E-state index is 0.972. The van der Waals surface area contributed by atoms with E-state index in [1.54, 1.807) is 0 Å². The molecular formula is C30H20N4. The third-order valence-corrected chi connectivity index (χ3v) is 6.46. The van der Waals surface area contributed by atoms with Crippen LogP contribution in [0.3, 0.4) is 0 Å². The van der Waals surface area contributed by atoms with Crippen LogP contribution < -0.4 is 0 Å². The van der Waals surface area contributed by atoms with E-state index < -0.39 is 0 Å². The van der Waals surface area contributed by atoms with Crippen molar-refractivity contribution in [1.82, 2.24) is 18.9 Å². The van der Waals surface area contributed by atoms with Crippen molar-refractivity contribution in [2.75, 3.05) is 0 Å². The molecule has 34 heavy (non-hydrogen) atoms. The average molecular weight is 437 g/mol. The number of hydrogen-bond donors (Lipinski definition) is 0. The van der Waals surface area contributed by atoms with Gasteiger partial charge < -0.3 is 8.97 Å². The minimum Gasteiger partial charge on any atom is -0.309 e. The second-order valence-electron chi connectivity index (χ2n) is 8.44. The maximum Gasteiger partial charge on any atom is 0.0999 e. The molecule has 4 heterocycles. The lowest BCUT2D eigenvalue weighted by Crippen LogP contribution is -1.95. The van der Waals surface area contributed by atoms with Crippen LogP contribution in [0.1, 0.15) is 0 Å². The quantitative estimate of drug-likeness (QED) is 0.295. The first-order valence-electron chi connectivity index (χ1n) is 11.3. The zero-order chi connectivity index (χ0) is 22.5. The Morgan fingerprint density at radius 3 is 2.35 bits per heavy atom. The molecule has 4 aromatic heterocycles. The predicted octanol–water partition coefficient (Wildman–Crippen LogP) is 7.16. The maximum atomic E-state index is 4.71. The zero-order valence-electron chi connectivity index (χ0n) is 18.3. The van der Waals surface area contributed by atoms with Gasteiger partial charge in [0.15, 0.2) is 0 Å². The fourth-order valence-electron chi connectivity index (χ4n) is 4.90. The molecule has 0 saturated carbocycles. The summed E-state index contributed by atoms with van der Waals surface area (Å²) in [6.45, 7) is 0. The van der Waals surface area contributed by atoms with Crippen molar-refractivity contribution >= 4 is 27.3 Å². The molecule has 7 rings (SSSR count). The summed E-state index contributed by atoms with van der Waals surface area (Å²) >= 11 is 0. The van der Waals surface area contributed by atoms with E-state index in [-0.39, 0.29) is 0 Å². The molecular weight excluding hydrogens is 416 g/mol. The molecule has 0 N–H and O–H groups in total. The standard InChI is InChI=1S/C30H20N4/c1-2-12-27-24(10-1)25-15-14-21(26-11-3-5-16-31-26)19-29(25)34(27)23-9-7-8-22(18-23)30-28-13-4-6-17-33(28)20-32-30/h1-20H. The lowest BCUT2D eigenvalue weighted by Gasteiger charge is -2.10. The van der Waals surface area contributed by atoms with Crippen LogP contribution in [-0.4, -0.2) is 18.9 Å². The average Bonchev–Trinajstić information content (AvgIpc) is 3.48. The van der Waals surface area contributed by atoms with Gasteiger partial charge in [0.25, 0.3) is 0 Å². The van der Waals surface area contributed by atoms with E-state index in [0.29, 0.717) is 0 Å². The van der Waals surface area contributed by atoms with Crippen LogP contribution in [0.15, 0.2) is 122 Å². The summed E-state index contributed by atoms with van der Waals surface area (Å²) in [7, 11) is 0. The van der Waals surface area contributed by atoms with Crippen molar-refractivity contribution in [1.29, 1.82) is 0 Å². The van der Waals surface area contributed by atoms with Crippen molar-refractivity contribution < 1.29 is 0 Å². The molecule has 4 heteroatoms. The van der Waals surface area contributed by atoms with Crippen molar-refractivity contribution in [3.05, 3.63) is 122 Å². The van der Waals surface area contributed by atoms with Gasteiger partial charge in [0, 0.05) is 40.0 Å². The van der Waals surface area contributed by atoms with Gasteiger partial charge in [-0.1, -0.05) is 54.6 Å². The van der Waals surface area contributed by atoms with E-state index >= 15 is 0 Å². The summed E-state index contributed by atoms with van der Waals surface area (Å²) in [5.41, 5.74) is 8.71. The second-order valence-corrected chi connectivity index (χ2v) is 8.44. The number of imidazole rings is 1. The first-order valence-corrected chi connectivity index (χ1v) is 11.3. The summed E-state index contributed by atoms with van der Waals surface area (Å²) in [5, 5.41) is 2.47. The van der Waals surface area contributed by atoms with Gasteiger partial charge in [-0.3, -0.25) is 4.98 Å². The fourth-order valence-corrected chi connectivity index (χ4v) is 4.90. The van der Waals surface area contributed by atoms with Gasteiger partial charge in [-0.05, 0) is 48.5 Å². The van der Waals surface area contributed by atoms with Crippen molar-refractivity contribution in [2.24, 2.45) is 0 Å². The minimum atomic E-state index is 0.972. The van der Waals surface area contributed by atoms with Crippen LogP contribution in [0.2, 0.25) is 0 Å². The molecule has 0 atom stereocenters. The molecule has 4 nitrogen and oxygen atoms in total. The number of para-hydroxylation sites is 1. The SMILES string of the molecule is c1ccc(-c2ccc3c4ccccc4n(-c4cccc(-c5ncn6ccccc56)c4)c3c2)nc1. The lowest BCUT2D eigenvalue weighted by atomic mass is 10.1. The number of fused-ring (bicyclic) bond motifs is 4. The zero-order valence-corrected chi connectivity index (χ0v) is 18.3. The number of rotatable bonds is 3. The Kier molecular flexibility index (Phi) is 4.11. The van der Waals surface area contributed by atoms with E-state index in [2.05, 4.69) is 98.9 Å². The van der Waals surface area contributed by atoms with Gasteiger partial charge in [-0.25, -0.2) is 4.98 Å². The monoisotopic (exact) mass is 436 g/mol. The molecule has 0 unspecified atom stereocenters. The van der Waals surface area contributed by atoms with Crippen molar-refractivity contribution in [3.8, 4) is 28.2 Å². The Hall–Kier alpha value is -4.70. The smallest absolute Gasteiger partial charge is 0.0999 e. The molecule has 0 fully saturated rings. The number of pyridine rings is 2. The summed E-state index contributed by atoms with van der Waals surface area (Å²) < 4.78 is 4.40. The molecule has 3 aromatic carbocycles. The van der Waals surface area contributed by atoms with Gasteiger partial charge in [0.2, 0.25) is 0 Å². The van der Waals surface area contributed by atoms with E-state index in [0.717, 1.165) is 39.2 Å². The van der Waals surface area contributed by atoms with Crippen LogP contribution in [0.5, 0.6) is 0 Å². The van der Waals surface area contributed by atoms with E-state index in [1.807, 2.05) is 36.9 Å². The molecule has 0 saturated heterocycles. The molecule has 7 aromatic rings. The van der Waals surface area contributed by atoms with Crippen molar-refractivity contribution in [2.45, 2.75) is 0 Å². The van der Waals surface area contributed by atoms with Crippen LogP contribution >= 0.6 is 0 Å². The Morgan fingerprint density at radius 1 is 0.559 bits per heavy atom. The topological polar surface area (TPSA) is 35.1 Å². The highest BCUT2D eigenvalue weighted by Crippen LogP contribution is 2.35. The number of hydrogen-bond acceptors (Lipinski definition) is 2. The maximum absolute atomic E-state index is 4.71. The van der Waals surface area contributed by atoms with Crippen LogP contribution in [-0.2, 0) is 0 Å². The van der Waals surface area contributed by atoms with Crippen LogP contribution in [0.4, 0.5) is 0 Å². The molecule has 0 aliphatic rings. The number of nitrogens with zero attached hydrogens (tertiary/aromatic N) is 4. The third-order valence-electron chi connectivity index (χ3n) is 6.46. The highest BCUT2D eigenvalue weighted by atomic mass is 15.0. The molecule has 0 radical (unpaired) electrons. The van der Waals surface area contributed by atoms with Gasteiger partial charge in [0.1, 0.15) is 0 Å². The fraction of sp³-hybridized carbons (Fsp3) is 0. The normalized spacial score (nSPS) is 11.5. The molecule has 0 amide bonds. The van der Waals surface area contributed by atoms with Crippen LogP contribution in [0, 0.1) is 0 Å². The van der Waals surface area contributed by atoms with E-state index in [1.165, 1.54) is 16.3 Å². The Labute approximate surface area is 196 Å². The summed E-state index contributed by atoms with van der Waals surface area (Å²) in [6, 6.07) is 36.1. The molecule has 160 valence electrons. The Balaban J connectivity index is 1.49. The first-order chi connectivity index (χ1) is 16.9. The first kappa shape index (κ1) is 18.8. The largest absolute Gasteiger partial charge is 0.309 e. The summed E-state index contributed by atoms with van der Waals surface area (Å²) in [5.74, 6) is 0. The highest BCUT2D eigenvalue weighted by molar-refractivity contribution is 6.10. The third kappa shape index (κ3) is 2.86. The number of aromatic nitrogens is 4.